The van der Waals surface area contributed by atoms with Gasteiger partial charge in [0.1, 0.15) is 18.2 Å². The fourth-order valence-corrected chi connectivity index (χ4v) is 2.16. The van der Waals surface area contributed by atoms with Gasteiger partial charge in [-0.2, -0.15) is 0 Å². The van der Waals surface area contributed by atoms with Crippen molar-refractivity contribution in [2.45, 2.75) is 13.2 Å². The van der Waals surface area contributed by atoms with Gasteiger partial charge in [-0.25, -0.2) is 4.39 Å². The van der Waals surface area contributed by atoms with E-state index in [2.05, 4.69) is 5.32 Å². The van der Waals surface area contributed by atoms with Crippen LogP contribution in [-0.4, -0.2) is 20.3 Å². The third kappa shape index (κ3) is 6.75. The Morgan fingerprint density at radius 3 is 2.57 bits per heavy atom. The molecule has 0 radical (unpaired) electrons. The van der Waals surface area contributed by atoms with E-state index in [1.807, 2.05) is 12.1 Å². The number of ether oxygens (including phenoxy) is 2. The molecule has 0 aliphatic rings. The molecule has 0 atom stereocenters. The summed E-state index contributed by atoms with van der Waals surface area (Å²) < 4.78 is 23.7. The minimum absolute atomic E-state index is 0. The second kappa shape index (κ2) is 10.4. The summed E-state index contributed by atoms with van der Waals surface area (Å²) in [6.07, 6.45) is 0. The van der Waals surface area contributed by atoms with E-state index in [0.29, 0.717) is 24.8 Å². The van der Waals surface area contributed by atoms with E-state index in [0.717, 1.165) is 23.4 Å². The van der Waals surface area contributed by atoms with Crippen LogP contribution in [0.4, 0.5) is 4.39 Å². The molecule has 0 unspecified atom stereocenters. The van der Waals surface area contributed by atoms with Crippen LogP contribution in [-0.2, 0) is 17.9 Å². The summed E-state index contributed by atoms with van der Waals surface area (Å²) in [4.78, 5) is 0. The van der Waals surface area contributed by atoms with Crippen LogP contribution < -0.4 is 10.1 Å². The molecule has 0 saturated heterocycles. The van der Waals surface area contributed by atoms with E-state index in [-0.39, 0.29) is 18.2 Å². The molecule has 6 heteroatoms. The molecule has 0 amide bonds. The molecule has 0 bridgehead atoms. The van der Waals surface area contributed by atoms with Crippen molar-refractivity contribution in [1.82, 2.24) is 5.32 Å². The quantitative estimate of drug-likeness (QED) is 0.716. The summed E-state index contributed by atoms with van der Waals surface area (Å²) in [5.41, 5.74) is 1.89. The molecule has 1 N–H and O–H groups in total. The maximum Gasteiger partial charge on any atom is 0.124 e. The van der Waals surface area contributed by atoms with E-state index < -0.39 is 0 Å². The first kappa shape index (κ1) is 19.7. The normalized spacial score (nSPS) is 10.2. The van der Waals surface area contributed by atoms with Crippen LogP contribution in [0.3, 0.4) is 0 Å². The third-order valence-electron chi connectivity index (χ3n) is 3.13. The number of nitrogens with one attached hydrogen (secondary N) is 1. The number of halogens is 3. The van der Waals surface area contributed by atoms with Crippen molar-refractivity contribution in [3.05, 3.63) is 64.4 Å². The van der Waals surface area contributed by atoms with E-state index in [1.54, 1.807) is 25.3 Å². The predicted octanol–water partition coefficient (Wildman–Crippen LogP) is 4.22. The highest BCUT2D eigenvalue weighted by Gasteiger charge is 2.05. The van der Waals surface area contributed by atoms with Crippen molar-refractivity contribution >= 4 is 24.0 Å². The summed E-state index contributed by atoms with van der Waals surface area (Å²) in [5, 5.41) is 3.93. The highest BCUT2D eigenvalue weighted by molar-refractivity contribution is 6.30. The second-order valence-corrected chi connectivity index (χ2v) is 5.27. The summed E-state index contributed by atoms with van der Waals surface area (Å²) in [5.74, 6) is 0.511. The highest BCUT2D eigenvalue weighted by atomic mass is 35.5. The second-order valence-electron chi connectivity index (χ2n) is 4.84. The lowest BCUT2D eigenvalue weighted by Crippen LogP contribution is -2.19. The molecule has 23 heavy (non-hydrogen) atoms. The Kier molecular flexibility index (Phi) is 8.95. The molecule has 0 fully saturated rings. The van der Waals surface area contributed by atoms with Crippen LogP contribution in [0.25, 0.3) is 0 Å². The molecule has 3 nitrogen and oxygen atoms in total. The zero-order valence-electron chi connectivity index (χ0n) is 12.9. The van der Waals surface area contributed by atoms with Crippen molar-refractivity contribution in [1.29, 1.82) is 0 Å². The molecule has 0 aliphatic heterocycles. The highest BCUT2D eigenvalue weighted by Crippen LogP contribution is 2.24. The van der Waals surface area contributed by atoms with Gasteiger partial charge in [-0.15, -0.1) is 12.4 Å². The van der Waals surface area contributed by atoms with Gasteiger partial charge in [0.05, 0.1) is 6.61 Å². The summed E-state index contributed by atoms with van der Waals surface area (Å²) in [6.45, 7) is 2.42. The van der Waals surface area contributed by atoms with Crippen molar-refractivity contribution in [3.63, 3.8) is 0 Å². The minimum atomic E-state index is -0.252. The minimum Gasteiger partial charge on any atom is -0.489 e. The van der Waals surface area contributed by atoms with Crippen LogP contribution in [0.2, 0.25) is 5.02 Å². The third-order valence-corrected chi connectivity index (χ3v) is 3.36. The molecule has 0 heterocycles. The van der Waals surface area contributed by atoms with Gasteiger partial charge in [0.2, 0.25) is 0 Å². The summed E-state index contributed by atoms with van der Waals surface area (Å²) >= 11 is 6.04. The Morgan fingerprint density at radius 1 is 1.13 bits per heavy atom. The van der Waals surface area contributed by atoms with Crippen LogP contribution in [0, 0.1) is 5.82 Å². The molecule has 2 rings (SSSR count). The Balaban J connectivity index is 0.00000264. The van der Waals surface area contributed by atoms with Gasteiger partial charge in [-0.3, -0.25) is 0 Å². The molecular weight excluding hydrogens is 340 g/mol. The zero-order valence-corrected chi connectivity index (χ0v) is 14.4. The Labute approximate surface area is 147 Å². The number of hydrogen-bond donors (Lipinski definition) is 1. The summed E-state index contributed by atoms with van der Waals surface area (Å²) in [7, 11) is 1.66. The van der Waals surface area contributed by atoms with Crippen molar-refractivity contribution in [2.75, 3.05) is 20.3 Å². The Hall–Kier alpha value is -1.33. The molecule has 126 valence electrons. The molecule has 2 aromatic carbocycles. The smallest absolute Gasteiger partial charge is 0.124 e. The lowest BCUT2D eigenvalue weighted by atomic mass is 10.2. The summed E-state index contributed by atoms with van der Waals surface area (Å²) in [6, 6.07) is 11.8. The van der Waals surface area contributed by atoms with Gasteiger partial charge < -0.3 is 14.8 Å². The van der Waals surface area contributed by atoms with Crippen LogP contribution in [0.5, 0.6) is 5.75 Å². The van der Waals surface area contributed by atoms with Gasteiger partial charge in [0.25, 0.3) is 0 Å². The Bertz CT molecular complexity index is 594. The zero-order chi connectivity index (χ0) is 15.8. The lowest BCUT2D eigenvalue weighted by molar-refractivity contribution is 0.199. The van der Waals surface area contributed by atoms with E-state index in [1.165, 1.54) is 12.1 Å². The number of hydrogen-bond acceptors (Lipinski definition) is 3. The Morgan fingerprint density at radius 2 is 1.87 bits per heavy atom. The van der Waals surface area contributed by atoms with Crippen LogP contribution >= 0.6 is 24.0 Å². The maximum absolute atomic E-state index is 12.9. The van der Waals surface area contributed by atoms with Crippen LogP contribution in [0.1, 0.15) is 11.1 Å². The van der Waals surface area contributed by atoms with Gasteiger partial charge in [0, 0.05) is 30.8 Å². The van der Waals surface area contributed by atoms with Crippen molar-refractivity contribution in [2.24, 2.45) is 0 Å². The van der Waals surface area contributed by atoms with E-state index in [4.69, 9.17) is 21.1 Å². The SMILES string of the molecule is COCCNCc1cc(Cl)ccc1OCc1ccc(F)cc1.Cl. The molecule has 0 spiro atoms. The number of rotatable bonds is 8. The van der Waals surface area contributed by atoms with Gasteiger partial charge >= 0.3 is 0 Å². The van der Waals surface area contributed by atoms with Crippen molar-refractivity contribution in [3.8, 4) is 5.75 Å². The van der Waals surface area contributed by atoms with Crippen LogP contribution in [0.15, 0.2) is 42.5 Å². The largest absolute Gasteiger partial charge is 0.489 e. The predicted molar refractivity (Wildman–Crippen MR) is 93.0 cm³/mol. The van der Waals surface area contributed by atoms with E-state index >= 15 is 0 Å². The molecule has 0 aromatic heterocycles. The molecule has 0 saturated carbocycles. The monoisotopic (exact) mass is 359 g/mol. The number of benzene rings is 2. The average Bonchev–Trinajstić information content (AvgIpc) is 2.52. The first-order chi connectivity index (χ1) is 10.7. The van der Waals surface area contributed by atoms with Gasteiger partial charge in [-0.1, -0.05) is 23.7 Å². The van der Waals surface area contributed by atoms with Gasteiger partial charge in [-0.05, 0) is 35.9 Å². The molecular formula is C17H20Cl2FNO2. The van der Waals surface area contributed by atoms with Crippen molar-refractivity contribution < 1.29 is 13.9 Å². The topological polar surface area (TPSA) is 30.5 Å². The molecule has 2 aromatic rings. The fraction of sp³-hybridized carbons (Fsp3) is 0.294. The maximum atomic E-state index is 12.9. The first-order valence-electron chi connectivity index (χ1n) is 7.04. The van der Waals surface area contributed by atoms with E-state index in [9.17, 15) is 4.39 Å². The fourth-order valence-electron chi connectivity index (χ4n) is 1.97. The lowest BCUT2D eigenvalue weighted by Gasteiger charge is -2.13. The molecule has 0 aliphatic carbocycles. The average molecular weight is 360 g/mol. The number of methoxy groups -OCH3 is 1. The van der Waals surface area contributed by atoms with Gasteiger partial charge in [0.15, 0.2) is 0 Å². The standard InChI is InChI=1S/C17H19ClFNO2.ClH/c1-21-9-8-20-11-14-10-15(18)4-7-17(14)22-12-13-2-5-16(19)6-3-13;/h2-7,10,20H,8-9,11-12H2,1H3;1H. The first-order valence-corrected chi connectivity index (χ1v) is 7.42.